The summed E-state index contributed by atoms with van der Waals surface area (Å²) in [6.07, 6.45) is 3.71. The lowest BCUT2D eigenvalue weighted by molar-refractivity contribution is 0.315. The van der Waals surface area contributed by atoms with Crippen molar-refractivity contribution in [3.8, 4) is 0 Å². The molecular formula is C13H18N2OS. The molecule has 92 valence electrons. The predicted molar refractivity (Wildman–Crippen MR) is 71.8 cm³/mol. The first-order valence-corrected chi connectivity index (χ1v) is 6.91. The number of hydrogen-bond donors (Lipinski definition) is 2. The topological polar surface area (TPSA) is 58.6 Å². The first-order chi connectivity index (χ1) is 8.20. The largest absolute Gasteiger partial charge is 0.409 e. The molecule has 3 nitrogen and oxygen atoms in total. The number of aryl methyl sites for hydroxylation is 2. The van der Waals surface area contributed by atoms with Gasteiger partial charge >= 0.3 is 0 Å². The van der Waals surface area contributed by atoms with Crippen LogP contribution in [0.2, 0.25) is 0 Å². The number of oxime groups is 1. The van der Waals surface area contributed by atoms with Gasteiger partial charge in [0, 0.05) is 16.6 Å². The van der Waals surface area contributed by atoms with Crippen LogP contribution in [0.5, 0.6) is 0 Å². The van der Waals surface area contributed by atoms with E-state index in [4.69, 9.17) is 10.9 Å². The lowest BCUT2D eigenvalue weighted by Gasteiger charge is -2.09. The van der Waals surface area contributed by atoms with Crippen LogP contribution in [-0.4, -0.2) is 16.8 Å². The van der Waals surface area contributed by atoms with Gasteiger partial charge in [-0.1, -0.05) is 18.1 Å². The van der Waals surface area contributed by atoms with Crippen molar-refractivity contribution in [3.05, 3.63) is 29.3 Å². The van der Waals surface area contributed by atoms with Gasteiger partial charge in [-0.3, -0.25) is 0 Å². The number of hydrogen-bond acceptors (Lipinski definition) is 3. The Hall–Kier alpha value is -1.16. The van der Waals surface area contributed by atoms with Crippen LogP contribution in [0, 0.1) is 5.92 Å². The van der Waals surface area contributed by atoms with E-state index in [1.807, 2.05) is 6.92 Å². The average molecular weight is 250 g/mol. The lowest BCUT2D eigenvalue weighted by Crippen LogP contribution is -2.22. The molecule has 3 N–H and O–H groups in total. The fraction of sp³-hybridized carbons (Fsp3) is 0.462. The SMILES string of the molecule is CC(CSc1ccc2c(c1)CCC2)/C(N)=N/O. The summed E-state index contributed by atoms with van der Waals surface area (Å²) in [5.41, 5.74) is 8.55. The quantitative estimate of drug-likeness (QED) is 0.284. The molecule has 0 fully saturated rings. The molecule has 0 radical (unpaired) electrons. The van der Waals surface area contributed by atoms with Gasteiger partial charge in [0.2, 0.25) is 0 Å². The zero-order valence-corrected chi connectivity index (χ0v) is 10.8. The van der Waals surface area contributed by atoms with Crippen LogP contribution in [0.4, 0.5) is 0 Å². The Balaban J connectivity index is 1.96. The van der Waals surface area contributed by atoms with E-state index in [0.29, 0.717) is 5.84 Å². The van der Waals surface area contributed by atoms with Crippen molar-refractivity contribution >= 4 is 17.6 Å². The number of fused-ring (bicyclic) bond motifs is 1. The molecule has 0 aliphatic heterocycles. The smallest absolute Gasteiger partial charge is 0.142 e. The third kappa shape index (κ3) is 2.94. The standard InChI is InChI=1S/C13H18N2OS/c1-9(13(14)15-16)8-17-12-6-5-10-3-2-4-11(10)7-12/h5-7,9,16H,2-4,8H2,1H3,(H2,14,15). The Labute approximate surface area is 106 Å². The van der Waals surface area contributed by atoms with Crippen molar-refractivity contribution in [2.24, 2.45) is 16.8 Å². The monoisotopic (exact) mass is 250 g/mol. The summed E-state index contributed by atoms with van der Waals surface area (Å²) in [6.45, 7) is 1.97. The molecule has 0 bridgehead atoms. The molecule has 1 aromatic rings. The maximum atomic E-state index is 8.58. The van der Waals surface area contributed by atoms with Gasteiger partial charge in [0.05, 0.1) is 0 Å². The molecule has 0 spiro atoms. The van der Waals surface area contributed by atoms with Crippen molar-refractivity contribution in [1.29, 1.82) is 0 Å². The van der Waals surface area contributed by atoms with Crippen LogP contribution in [-0.2, 0) is 12.8 Å². The minimum absolute atomic E-state index is 0.0956. The average Bonchev–Trinajstić information content (AvgIpc) is 2.82. The first-order valence-electron chi connectivity index (χ1n) is 5.92. The summed E-state index contributed by atoms with van der Waals surface area (Å²) >= 11 is 1.77. The molecule has 1 aliphatic rings. The van der Waals surface area contributed by atoms with Crippen LogP contribution in [0.25, 0.3) is 0 Å². The van der Waals surface area contributed by atoms with Gasteiger partial charge in [-0.25, -0.2) is 0 Å². The molecule has 1 unspecified atom stereocenters. The third-order valence-corrected chi connectivity index (χ3v) is 4.44. The van der Waals surface area contributed by atoms with Crippen molar-refractivity contribution in [1.82, 2.24) is 0 Å². The molecule has 0 amide bonds. The summed E-state index contributed by atoms with van der Waals surface area (Å²) in [7, 11) is 0. The summed E-state index contributed by atoms with van der Waals surface area (Å²) in [6, 6.07) is 6.69. The van der Waals surface area contributed by atoms with Crippen molar-refractivity contribution < 1.29 is 5.21 Å². The molecule has 4 heteroatoms. The Morgan fingerprint density at radius 3 is 3.00 bits per heavy atom. The van der Waals surface area contributed by atoms with Gasteiger partial charge < -0.3 is 10.9 Å². The first kappa shape index (κ1) is 12.3. The van der Waals surface area contributed by atoms with Gasteiger partial charge in [0.25, 0.3) is 0 Å². The number of amidine groups is 1. The second-order valence-electron chi connectivity index (χ2n) is 4.52. The Morgan fingerprint density at radius 1 is 1.47 bits per heavy atom. The minimum Gasteiger partial charge on any atom is -0.409 e. The number of rotatable bonds is 4. The number of thioether (sulfide) groups is 1. The summed E-state index contributed by atoms with van der Waals surface area (Å²) in [5.74, 6) is 1.24. The Kier molecular flexibility index (Phi) is 3.94. The highest BCUT2D eigenvalue weighted by Gasteiger charge is 2.12. The fourth-order valence-electron chi connectivity index (χ4n) is 2.04. The van der Waals surface area contributed by atoms with E-state index >= 15 is 0 Å². The van der Waals surface area contributed by atoms with E-state index in [0.717, 1.165) is 5.75 Å². The summed E-state index contributed by atoms with van der Waals surface area (Å²) < 4.78 is 0. The summed E-state index contributed by atoms with van der Waals surface area (Å²) in [5, 5.41) is 11.6. The van der Waals surface area contributed by atoms with Crippen molar-refractivity contribution in [2.75, 3.05) is 5.75 Å². The zero-order chi connectivity index (χ0) is 12.3. The second kappa shape index (κ2) is 5.45. The minimum atomic E-state index is 0.0956. The predicted octanol–water partition coefficient (Wildman–Crippen LogP) is 2.65. The van der Waals surface area contributed by atoms with Gasteiger partial charge in [-0.2, -0.15) is 0 Å². The highest BCUT2D eigenvalue weighted by atomic mass is 32.2. The van der Waals surface area contributed by atoms with E-state index in [1.165, 1.54) is 35.3 Å². The molecule has 2 rings (SSSR count). The van der Waals surface area contributed by atoms with E-state index < -0.39 is 0 Å². The molecular weight excluding hydrogens is 232 g/mol. The van der Waals surface area contributed by atoms with Gasteiger partial charge in [0.15, 0.2) is 0 Å². The zero-order valence-electron chi connectivity index (χ0n) is 10.0. The number of nitrogens with zero attached hydrogens (tertiary/aromatic N) is 1. The third-order valence-electron chi connectivity index (χ3n) is 3.19. The van der Waals surface area contributed by atoms with Crippen LogP contribution < -0.4 is 5.73 Å². The maximum Gasteiger partial charge on any atom is 0.142 e. The highest BCUT2D eigenvalue weighted by Crippen LogP contribution is 2.28. The van der Waals surface area contributed by atoms with Crippen molar-refractivity contribution in [2.45, 2.75) is 31.1 Å². The lowest BCUT2D eigenvalue weighted by atomic mass is 10.1. The number of nitrogens with two attached hydrogens (primary N) is 1. The molecule has 0 saturated carbocycles. The van der Waals surface area contributed by atoms with Crippen LogP contribution in [0.3, 0.4) is 0 Å². The molecule has 0 saturated heterocycles. The van der Waals surface area contributed by atoms with Crippen LogP contribution in [0.1, 0.15) is 24.5 Å². The van der Waals surface area contributed by atoms with Crippen LogP contribution >= 0.6 is 11.8 Å². The molecule has 1 atom stereocenters. The van der Waals surface area contributed by atoms with Gasteiger partial charge in [0.1, 0.15) is 5.84 Å². The van der Waals surface area contributed by atoms with Gasteiger partial charge in [-0.15, -0.1) is 11.8 Å². The van der Waals surface area contributed by atoms with E-state index in [1.54, 1.807) is 11.8 Å². The Bertz CT molecular complexity index is 431. The molecule has 0 heterocycles. The second-order valence-corrected chi connectivity index (χ2v) is 5.61. The summed E-state index contributed by atoms with van der Waals surface area (Å²) in [4.78, 5) is 1.28. The van der Waals surface area contributed by atoms with Gasteiger partial charge in [-0.05, 0) is 42.5 Å². The highest BCUT2D eigenvalue weighted by molar-refractivity contribution is 7.99. The maximum absolute atomic E-state index is 8.58. The van der Waals surface area contributed by atoms with Crippen molar-refractivity contribution in [3.63, 3.8) is 0 Å². The van der Waals surface area contributed by atoms with E-state index in [9.17, 15) is 0 Å². The fourth-order valence-corrected chi connectivity index (χ4v) is 3.05. The van der Waals surface area contributed by atoms with Crippen LogP contribution in [0.15, 0.2) is 28.3 Å². The molecule has 1 aliphatic carbocycles. The molecule has 1 aromatic carbocycles. The number of benzene rings is 1. The Morgan fingerprint density at radius 2 is 2.24 bits per heavy atom. The van der Waals surface area contributed by atoms with E-state index in [2.05, 4.69) is 23.4 Å². The molecule has 17 heavy (non-hydrogen) atoms. The normalized spacial score (nSPS) is 16.9. The molecule has 0 aromatic heterocycles. The van der Waals surface area contributed by atoms with E-state index in [-0.39, 0.29) is 5.92 Å².